The van der Waals surface area contributed by atoms with Gasteiger partial charge in [0.2, 0.25) is 0 Å². The second-order valence-corrected chi connectivity index (χ2v) is 5.14. The molecular weight excluding hydrogens is 431 g/mol. The molecule has 132 valence electrons. The number of benzene rings is 1. The Morgan fingerprint density at radius 2 is 1.84 bits per heavy atom. The topological polar surface area (TPSA) is 75.8 Å². The van der Waals surface area contributed by atoms with Crippen LogP contribution in [0.3, 0.4) is 0 Å². The molecule has 0 atom stereocenters. The van der Waals surface area contributed by atoms with Gasteiger partial charge >= 0.3 is 0 Å². The molecule has 3 aromatic rings. The molecule has 0 spiro atoms. The SMILES string of the molecule is CN=C(NCc1ccccc1OC)NCc1nnc2ccccn12.I. The molecule has 0 aliphatic rings. The van der Waals surface area contributed by atoms with Crippen LogP contribution in [0.5, 0.6) is 5.75 Å². The molecule has 0 saturated carbocycles. The lowest BCUT2D eigenvalue weighted by Crippen LogP contribution is -2.36. The van der Waals surface area contributed by atoms with E-state index in [9.17, 15) is 0 Å². The molecule has 2 aromatic heterocycles. The number of hydrogen-bond acceptors (Lipinski definition) is 4. The Bertz CT molecular complexity index is 848. The number of halogens is 1. The predicted octanol–water partition coefficient (Wildman–Crippen LogP) is 2.22. The van der Waals surface area contributed by atoms with Gasteiger partial charge in [0.25, 0.3) is 0 Å². The van der Waals surface area contributed by atoms with E-state index in [-0.39, 0.29) is 24.0 Å². The van der Waals surface area contributed by atoms with Gasteiger partial charge < -0.3 is 15.4 Å². The van der Waals surface area contributed by atoms with Crippen LogP contribution in [-0.2, 0) is 13.1 Å². The molecule has 0 aliphatic carbocycles. The van der Waals surface area contributed by atoms with Crippen molar-refractivity contribution < 1.29 is 4.74 Å². The third-order valence-electron chi connectivity index (χ3n) is 3.66. The fourth-order valence-corrected chi connectivity index (χ4v) is 2.42. The molecule has 2 N–H and O–H groups in total. The van der Waals surface area contributed by atoms with E-state index < -0.39 is 0 Å². The summed E-state index contributed by atoms with van der Waals surface area (Å²) < 4.78 is 7.30. The lowest BCUT2D eigenvalue weighted by atomic mass is 10.2. The quantitative estimate of drug-likeness (QED) is 0.353. The summed E-state index contributed by atoms with van der Waals surface area (Å²) in [5, 5.41) is 14.8. The average Bonchev–Trinajstić information content (AvgIpc) is 3.05. The van der Waals surface area contributed by atoms with Crippen molar-refractivity contribution >= 4 is 35.6 Å². The van der Waals surface area contributed by atoms with Crippen LogP contribution in [0.2, 0.25) is 0 Å². The summed E-state index contributed by atoms with van der Waals surface area (Å²) in [4.78, 5) is 4.23. The number of guanidine groups is 1. The first kappa shape index (κ1) is 19.0. The highest BCUT2D eigenvalue weighted by Crippen LogP contribution is 2.16. The number of ether oxygens (including phenoxy) is 1. The lowest BCUT2D eigenvalue weighted by Gasteiger charge is -2.13. The largest absolute Gasteiger partial charge is 0.496 e. The Morgan fingerprint density at radius 3 is 2.64 bits per heavy atom. The molecule has 0 bridgehead atoms. The number of nitrogens with zero attached hydrogens (tertiary/aromatic N) is 4. The number of rotatable bonds is 5. The highest BCUT2D eigenvalue weighted by molar-refractivity contribution is 14.0. The number of nitrogens with one attached hydrogen (secondary N) is 2. The zero-order valence-corrected chi connectivity index (χ0v) is 16.5. The molecular formula is C17H21IN6O. The predicted molar refractivity (Wildman–Crippen MR) is 108 cm³/mol. The zero-order chi connectivity index (χ0) is 16.8. The maximum Gasteiger partial charge on any atom is 0.191 e. The second-order valence-electron chi connectivity index (χ2n) is 5.14. The Balaban J connectivity index is 0.00000225. The standard InChI is InChI=1S/C17H20N6O.HI/c1-18-17(19-11-13-7-3-4-8-14(13)24-2)20-12-16-22-21-15-9-5-6-10-23(15)16;/h3-10H,11-12H2,1-2H3,(H2,18,19,20);1H. The number of methoxy groups -OCH3 is 1. The van der Waals surface area contributed by atoms with E-state index in [1.54, 1.807) is 14.2 Å². The average molecular weight is 452 g/mol. The van der Waals surface area contributed by atoms with Gasteiger partial charge in [-0.3, -0.25) is 9.39 Å². The van der Waals surface area contributed by atoms with Gasteiger partial charge in [0.1, 0.15) is 5.75 Å². The number of hydrogen-bond donors (Lipinski definition) is 2. The van der Waals surface area contributed by atoms with Crippen molar-refractivity contribution in [2.45, 2.75) is 13.1 Å². The van der Waals surface area contributed by atoms with Gasteiger partial charge in [-0.1, -0.05) is 24.3 Å². The van der Waals surface area contributed by atoms with Crippen LogP contribution >= 0.6 is 24.0 Å². The van der Waals surface area contributed by atoms with Gasteiger partial charge in [-0.2, -0.15) is 0 Å². The van der Waals surface area contributed by atoms with Gasteiger partial charge in [-0.25, -0.2) is 0 Å². The summed E-state index contributed by atoms with van der Waals surface area (Å²) in [6.45, 7) is 1.14. The van der Waals surface area contributed by atoms with Crippen LogP contribution in [0.4, 0.5) is 0 Å². The molecule has 3 rings (SSSR count). The number of aliphatic imine (C=N–C) groups is 1. The Labute approximate surface area is 163 Å². The van der Waals surface area contributed by atoms with Crippen molar-refractivity contribution in [1.29, 1.82) is 0 Å². The minimum absolute atomic E-state index is 0. The van der Waals surface area contributed by atoms with Gasteiger partial charge in [-0.05, 0) is 18.2 Å². The first-order chi connectivity index (χ1) is 11.8. The fourth-order valence-electron chi connectivity index (χ4n) is 2.42. The van der Waals surface area contributed by atoms with Crippen molar-refractivity contribution in [3.05, 3.63) is 60.0 Å². The van der Waals surface area contributed by atoms with Crippen LogP contribution in [0.1, 0.15) is 11.4 Å². The van der Waals surface area contributed by atoms with Crippen molar-refractivity contribution in [2.75, 3.05) is 14.2 Å². The van der Waals surface area contributed by atoms with E-state index in [1.807, 2.05) is 53.1 Å². The van der Waals surface area contributed by atoms with E-state index in [1.165, 1.54) is 0 Å². The van der Waals surface area contributed by atoms with Gasteiger partial charge in [0.15, 0.2) is 17.4 Å². The first-order valence-electron chi connectivity index (χ1n) is 7.67. The third-order valence-corrected chi connectivity index (χ3v) is 3.66. The van der Waals surface area contributed by atoms with Gasteiger partial charge in [-0.15, -0.1) is 34.2 Å². The monoisotopic (exact) mass is 452 g/mol. The Morgan fingerprint density at radius 1 is 1.08 bits per heavy atom. The number of fused-ring (bicyclic) bond motifs is 1. The van der Waals surface area contributed by atoms with Crippen LogP contribution < -0.4 is 15.4 Å². The molecule has 2 heterocycles. The minimum atomic E-state index is 0. The minimum Gasteiger partial charge on any atom is -0.496 e. The lowest BCUT2D eigenvalue weighted by molar-refractivity contribution is 0.409. The van der Waals surface area contributed by atoms with Crippen LogP contribution in [0.15, 0.2) is 53.7 Å². The molecule has 0 unspecified atom stereocenters. The molecule has 0 aliphatic heterocycles. The highest BCUT2D eigenvalue weighted by atomic mass is 127. The van der Waals surface area contributed by atoms with E-state index in [2.05, 4.69) is 25.8 Å². The molecule has 8 heteroatoms. The first-order valence-corrected chi connectivity index (χ1v) is 7.67. The van der Waals surface area contributed by atoms with Crippen molar-refractivity contribution in [3.63, 3.8) is 0 Å². The van der Waals surface area contributed by atoms with Gasteiger partial charge in [0.05, 0.1) is 13.7 Å². The summed E-state index contributed by atoms with van der Waals surface area (Å²) >= 11 is 0. The smallest absolute Gasteiger partial charge is 0.191 e. The molecule has 1 aromatic carbocycles. The van der Waals surface area contributed by atoms with Crippen molar-refractivity contribution in [2.24, 2.45) is 4.99 Å². The maximum absolute atomic E-state index is 5.36. The summed E-state index contributed by atoms with van der Waals surface area (Å²) in [6.07, 6.45) is 1.94. The van der Waals surface area contributed by atoms with Crippen molar-refractivity contribution in [3.8, 4) is 5.75 Å². The summed E-state index contributed by atoms with van der Waals surface area (Å²) in [5.74, 6) is 2.36. The summed E-state index contributed by atoms with van der Waals surface area (Å²) in [5.41, 5.74) is 1.89. The van der Waals surface area contributed by atoms with E-state index in [0.29, 0.717) is 19.0 Å². The summed E-state index contributed by atoms with van der Waals surface area (Å²) in [7, 11) is 3.40. The van der Waals surface area contributed by atoms with Crippen LogP contribution in [-0.4, -0.2) is 34.7 Å². The molecule has 0 amide bonds. The van der Waals surface area contributed by atoms with E-state index in [0.717, 1.165) is 22.8 Å². The number of para-hydroxylation sites is 1. The van der Waals surface area contributed by atoms with Crippen LogP contribution in [0, 0.1) is 0 Å². The Hall–Kier alpha value is -2.36. The molecule has 0 fully saturated rings. The maximum atomic E-state index is 5.36. The number of aromatic nitrogens is 3. The highest BCUT2D eigenvalue weighted by Gasteiger charge is 2.07. The Kier molecular flexibility index (Phi) is 6.99. The fraction of sp³-hybridized carbons (Fsp3) is 0.235. The zero-order valence-electron chi connectivity index (χ0n) is 14.1. The van der Waals surface area contributed by atoms with E-state index in [4.69, 9.17) is 4.74 Å². The van der Waals surface area contributed by atoms with Gasteiger partial charge in [0, 0.05) is 25.4 Å². The normalized spacial score (nSPS) is 11.0. The molecule has 7 nitrogen and oxygen atoms in total. The van der Waals surface area contributed by atoms with Crippen molar-refractivity contribution in [1.82, 2.24) is 25.2 Å². The molecule has 25 heavy (non-hydrogen) atoms. The number of pyridine rings is 1. The summed E-state index contributed by atoms with van der Waals surface area (Å²) in [6, 6.07) is 13.7. The third kappa shape index (κ3) is 4.59. The molecule has 0 saturated heterocycles. The second kappa shape index (κ2) is 9.21. The van der Waals surface area contributed by atoms with E-state index >= 15 is 0 Å². The van der Waals surface area contributed by atoms with Crippen LogP contribution in [0.25, 0.3) is 5.65 Å². The molecule has 0 radical (unpaired) electrons.